The number of rotatable bonds is 8. The van der Waals surface area contributed by atoms with Crippen molar-refractivity contribution in [1.82, 2.24) is 16.0 Å². The molecule has 0 rings (SSSR count). The van der Waals surface area contributed by atoms with Crippen LogP contribution in [0, 0.1) is 11.3 Å². The van der Waals surface area contributed by atoms with Crippen LogP contribution in [-0.4, -0.2) is 37.5 Å². The van der Waals surface area contributed by atoms with Crippen molar-refractivity contribution in [3.8, 4) is 0 Å². The molecule has 0 aliphatic rings. The second kappa shape index (κ2) is 10.5. The van der Waals surface area contributed by atoms with E-state index in [1.54, 1.807) is 0 Å². The van der Waals surface area contributed by atoms with Crippen LogP contribution in [0.1, 0.15) is 61.3 Å². The number of hydrogen-bond donors (Lipinski definition) is 3. The maximum atomic E-state index is 11.8. The zero-order valence-electron chi connectivity index (χ0n) is 15.5. The van der Waals surface area contributed by atoms with Gasteiger partial charge in [0.25, 0.3) is 0 Å². The lowest BCUT2D eigenvalue weighted by molar-refractivity contribution is -0.128. The summed E-state index contributed by atoms with van der Waals surface area (Å²) in [5.74, 6) is 1.60. The van der Waals surface area contributed by atoms with Gasteiger partial charge in [-0.2, -0.15) is 0 Å². The molecular weight excluding hydrogens is 276 g/mol. The predicted molar refractivity (Wildman–Crippen MR) is 95.1 cm³/mol. The minimum atomic E-state index is -0.349. The van der Waals surface area contributed by atoms with E-state index in [-0.39, 0.29) is 11.3 Å². The van der Waals surface area contributed by atoms with Gasteiger partial charge in [-0.25, -0.2) is 0 Å². The average Bonchev–Trinajstić information content (AvgIpc) is 2.40. The molecule has 0 aromatic carbocycles. The van der Waals surface area contributed by atoms with Crippen LogP contribution in [0.5, 0.6) is 0 Å². The van der Waals surface area contributed by atoms with Gasteiger partial charge in [-0.05, 0) is 32.6 Å². The maximum Gasteiger partial charge on any atom is 0.225 e. The number of carbonyl (C=O) groups excluding carboxylic acids is 1. The molecule has 0 aromatic rings. The topological polar surface area (TPSA) is 65.5 Å². The van der Waals surface area contributed by atoms with E-state index >= 15 is 0 Å². The summed E-state index contributed by atoms with van der Waals surface area (Å²) in [5, 5.41) is 9.58. The van der Waals surface area contributed by atoms with Gasteiger partial charge in [0.2, 0.25) is 5.91 Å². The molecule has 5 heteroatoms. The molecule has 5 nitrogen and oxygen atoms in total. The highest BCUT2D eigenvalue weighted by Gasteiger charge is 2.20. The maximum absolute atomic E-state index is 11.8. The molecule has 1 amide bonds. The van der Waals surface area contributed by atoms with Crippen LogP contribution < -0.4 is 16.0 Å². The van der Waals surface area contributed by atoms with E-state index in [9.17, 15) is 4.79 Å². The van der Waals surface area contributed by atoms with Gasteiger partial charge in [-0.3, -0.25) is 9.79 Å². The van der Waals surface area contributed by atoms with Gasteiger partial charge in [0.15, 0.2) is 5.96 Å². The highest BCUT2D eigenvalue weighted by atomic mass is 16.2. The molecule has 0 aliphatic carbocycles. The largest absolute Gasteiger partial charge is 0.357 e. The van der Waals surface area contributed by atoms with E-state index in [1.165, 1.54) is 6.42 Å². The second-order valence-corrected chi connectivity index (χ2v) is 7.28. The number of carbonyl (C=O) groups is 1. The molecule has 0 aliphatic heterocycles. The Kier molecular flexibility index (Phi) is 9.86. The highest BCUT2D eigenvalue weighted by molar-refractivity contribution is 5.81. The number of amides is 1. The van der Waals surface area contributed by atoms with E-state index < -0.39 is 0 Å². The second-order valence-electron chi connectivity index (χ2n) is 7.28. The summed E-state index contributed by atoms with van der Waals surface area (Å²) >= 11 is 0. The zero-order chi connectivity index (χ0) is 17.2. The van der Waals surface area contributed by atoms with Crippen LogP contribution in [0.4, 0.5) is 0 Å². The number of guanidine groups is 1. The molecule has 0 bridgehead atoms. The van der Waals surface area contributed by atoms with Crippen molar-refractivity contribution in [2.45, 2.75) is 67.3 Å². The normalized spacial score (nSPS) is 13.9. The Labute approximate surface area is 136 Å². The summed E-state index contributed by atoms with van der Waals surface area (Å²) in [6, 6.07) is 0.393. The molecule has 22 heavy (non-hydrogen) atoms. The van der Waals surface area contributed by atoms with Gasteiger partial charge < -0.3 is 16.0 Å². The first-order valence-corrected chi connectivity index (χ1v) is 8.50. The molecule has 0 aromatic heterocycles. The standard InChI is InChI=1S/C17H36N4O/c1-8-18-16(21-14(4)10-9-13(2)3)20-12-11-19-15(22)17(5,6)7/h13-14H,8-12H2,1-7H3,(H,19,22)(H2,18,20,21). The van der Waals surface area contributed by atoms with Gasteiger partial charge in [0.05, 0.1) is 6.54 Å². The summed E-state index contributed by atoms with van der Waals surface area (Å²) in [4.78, 5) is 16.3. The van der Waals surface area contributed by atoms with E-state index in [0.29, 0.717) is 19.1 Å². The zero-order valence-corrected chi connectivity index (χ0v) is 15.5. The monoisotopic (exact) mass is 312 g/mol. The first-order chi connectivity index (χ1) is 10.2. The van der Waals surface area contributed by atoms with Gasteiger partial charge in [-0.1, -0.05) is 34.6 Å². The van der Waals surface area contributed by atoms with Crippen molar-refractivity contribution in [3.05, 3.63) is 0 Å². The molecule has 0 radical (unpaired) electrons. The number of nitrogens with one attached hydrogen (secondary N) is 3. The molecule has 0 spiro atoms. The summed E-state index contributed by atoms with van der Waals surface area (Å²) in [5.41, 5.74) is -0.349. The average molecular weight is 313 g/mol. The lowest BCUT2D eigenvalue weighted by Crippen LogP contribution is -2.43. The lowest BCUT2D eigenvalue weighted by Gasteiger charge is -2.19. The Bertz CT molecular complexity index is 345. The Morgan fingerprint density at radius 3 is 2.23 bits per heavy atom. The van der Waals surface area contributed by atoms with Crippen LogP contribution >= 0.6 is 0 Å². The fourth-order valence-corrected chi connectivity index (χ4v) is 1.81. The summed E-state index contributed by atoms with van der Waals surface area (Å²) in [6.07, 6.45) is 2.33. The fourth-order valence-electron chi connectivity index (χ4n) is 1.81. The molecule has 0 saturated heterocycles. The van der Waals surface area contributed by atoms with E-state index in [2.05, 4.69) is 48.6 Å². The lowest BCUT2D eigenvalue weighted by atomic mass is 9.96. The quantitative estimate of drug-likeness (QED) is 0.366. The molecule has 1 atom stereocenters. The van der Waals surface area contributed by atoms with Crippen molar-refractivity contribution < 1.29 is 4.79 Å². The van der Waals surface area contributed by atoms with Crippen LogP contribution in [0.25, 0.3) is 0 Å². The van der Waals surface area contributed by atoms with E-state index in [4.69, 9.17) is 0 Å². The summed E-state index contributed by atoms with van der Waals surface area (Å²) in [7, 11) is 0. The Morgan fingerprint density at radius 2 is 1.73 bits per heavy atom. The SMILES string of the molecule is CCNC(=NCCNC(=O)C(C)(C)C)NC(C)CCC(C)C. The van der Waals surface area contributed by atoms with Crippen LogP contribution in [-0.2, 0) is 4.79 Å². The van der Waals surface area contributed by atoms with Crippen molar-refractivity contribution in [2.24, 2.45) is 16.3 Å². The molecular formula is C17H36N4O. The predicted octanol–water partition coefficient (Wildman–Crippen LogP) is 2.53. The van der Waals surface area contributed by atoms with Gasteiger partial charge in [0.1, 0.15) is 0 Å². The Balaban J connectivity index is 4.23. The summed E-state index contributed by atoms with van der Waals surface area (Å²) in [6.45, 7) is 16.4. The van der Waals surface area contributed by atoms with Gasteiger partial charge in [-0.15, -0.1) is 0 Å². The third-order valence-corrected chi connectivity index (χ3v) is 3.25. The number of nitrogens with zero attached hydrogens (tertiary/aromatic N) is 1. The van der Waals surface area contributed by atoms with Crippen molar-refractivity contribution in [1.29, 1.82) is 0 Å². The third-order valence-electron chi connectivity index (χ3n) is 3.25. The van der Waals surface area contributed by atoms with Gasteiger partial charge >= 0.3 is 0 Å². The summed E-state index contributed by atoms with van der Waals surface area (Å²) < 4.78 is 0. The molecule has 1 unspecified atom stereocenters. The van der Waals surface area contributed by atoms with E-state index in [1.807, 2.05) is 20.8 Å². The van der Waals surface area contributed by atoms with Crippen molar-refractivity contribution >= 4 is 11.9 Å². The highest BCUT2D eigenvalue weighted by Crippen LogP contribution is 2.11. The smallest absolute Gasteiger partial charge is 0.225 e. The minimum absolute atomic E-state index is 0.0611. The molecule has 0 saturated carbocycles. The molecule has 130 valence electrons. The van der Waals surface area contributed by atoms with E-state index in [0.717, 1.165) is 24.8 Å². The van der Waals surface area contributed by atoms with Crippen molar-refractivity contribution in [2.75, 3.05) is 19.6 Å². The molecule has 0 fully saturated rings. The third kappa shape index (κ3) is 10.5. The van der Waals surface area contributed by atoms with Crippen LogP contribution in [0.15, 0.2) is 4.99 Å². The number of hydrogen-bond acceptors (Lipinski definition) is 2. The fraction of sp³-hybridized carbons (Fsp3) is 0.882. The van der Waals surface area contributed by atoms with Crippen molar-refractivity contribution in [3.63, 3.8) is 0 Å². The van der Waals surface area contributed by atoms with Gasteiger partial charge in [0, 0.05) is 24.5 Å². The Morgan fingerprint density at radius 1 is 1.09 bits per heavy atom. The van der Waals surface area contributed by atoms with Crippen LogP contribution in [0.2, 0.25) is 0 Å². The minimum Gasteiger partial charge on any atom is -0.357 e. The van der Waals surface area contributed by atoms with Crippen LogP contribution in [0.3, 0.4) is 0 Å². The first kappa shape index (κ1) is 20.7. The molecule has 3 N–H and O–H groups in total. The Hall–Kier alpha value is -1.26. The first-order valence-electron chi connectivity index (χ1n) is 8.50. The molecule has 0 heterocycles. The number of aliphatic imine (C=N–C) groups is 1.